The van der Waals surface area contributed by atoms with Gasteiger partial charge < -0.3 is 10.1 Å². The minimum atomic E-state index is 0.0142. The van der Waals surface area contributed by atoms with E-state index in [2.05, 4.69) is 15.4 Å². The summed E-state index contributed by atoms with van der Waals surface area (Å²) in [6, 6.07) is 2.47. The second-order valence-corrected chi connectivity index (χ2v) is 7.53. The highest BCUT2D eigenvalue weighted by Gasteiger charge is 2.25. The van der Waals surface area contributed by atoms with Crippen molar-refractivity contribution in [1.82, 2.24) is 20.1 Å². The van der Waals surface area contributed by atoms with Crippen LogP contribution in [0.5, 0.6) is 0 Å². The summed E-state index contributed by atoms with van der Waals surface area (Å²) in [6.07, 6.45) is 6.89. The fourth-order valence-electron chi connectivity index (χ4n) is 3.59. The number of rotatable bonds is 4. The summed E-state index contributed by atoms with van der Waals surface area (Å²) in [6.45, 7) is 2.11. The molecule has 0 unspecified atom stereocenters. The molecule has 0 aromatic carbocycles. The number of aromatic nitrogens is 3. The van der Waals surface area contributed by atoms with Gasteiger partial charge in [-0.15, -0.1) is 11.3 Å². The molecule has 7 heteroatoms. The van der Waals surface area contributed by atoms with E-state index in [1.165, 1.54) is 4.88 Å². The van der Waals surface area contributed by atoms with E-state index in [1.807, 2.05) is 11.7 Å². The van der Waals surface area contributed by atoms with E-state index < -0.39 is 0 Å². The highest BCUT2D eigenvalue weighted by Crippen LogP contribution is 2.27. The van der Waals surface area contributed by atoms with Crippen LogP contribution < -0.4 is 10.9 Å². The predicted molar refractivity (Wildman–Crippen MR) is 92.1 cm³/mol. The Hall–Kier alpha value is -1.57. The first kappa shape index (κ1) is 15.9. The summed E-state index contributed by atoms with van der Waals surface area (Å²) in [7, 11) is 0. The van der Waals surface area contributed by atoms with Gasteiger partial charge in [-0.05, 0) is 25.7 Å². The van der Waals surface area contributed by atoms with Crippen LogP contribution >= 0.6 is 11.3 Å². The smallest absolute Gasteiger partial charge is 0.267 e. The first-order chi connectivity index (χ1) is 11.8. The van der Waals surface area contributed by atoms with Gasteiger partial charge in [0.15, 0.2) is 0 Å². The van der Waals surface area contributed by atoms with E-state index in [4.69, 9.17) is 4.74 Å². The fraction of sp³-hybridized carbons (Fsp3) is 0.588. The third-order valence-corrected chi connectivity index (χ3v) is 5.73. The van der Waals surface area contributed by atoms with Gasteiger partial charge in [-0.2, -0.15) is 5.10 Å². The molecule has 1 N–H and O–H groups in total. The van der Waals surface area contributed by atoms with Gasteiger partial charge in [-0.25, -0.2) is 4.68 Å². The predicted octanol–water partition coefficient (Wildman–Crippen LogP) is 2.05. The lowest BCUT2D eigenvalue weighted by Gasteiger charge is -2.30. The van der Waals surface area contributed by atoms with Crippen molar-refractivity contribution in [3.05, 3.63) is 44.3 Å². The summed E-state index contributed by atoms with van der Waals surface area (Å²) < 4.78 is 7.13. The van der Waals surface area contributed by atoms with Gasteiger partial charge in [0, 0.05) is 41.7 Å². The number of hydrogen-bond acceptors (Lipinski definition) is 6. The molecule has 128 valence electrons. The Balaban J connectivity index is 1.38. The van der Waals surface area contributed by atoms with E-state index >= 15 is 0 Å². The zero-order chi connectivity index (χ0) is 16.4. The van der Waals surface area contributed by atoms with Crippen molar-refractivity contribution in [3.63, 3.8) is 0 Å². The lowest BCUT2D eigenvalue weighted by atomic mass is 9.91. The van der Waals surface area contributed by atoms with Crippen molar-refractivity contribution in [2.45, 2.75) is 57.3 Å². The third kappa shape index (κ3) is 3.43. The molecule has 1 fully saturated rings. The van der Waals surface area contributed by atoms with Crippen molar-refractivity contribution >= 4 is 11.3 Å². The van der Waals surface area contributed by atoms with Gasteiger partial charge in [-0.1, -0.05) is 0 Å². The lowest BCUT2D eigenvalue weighted by Crippen LogP contribution is -2.37. The first-order valence-electron chi connectivity index (χ1n) is 8.60. The van der Waals surface area contributed by atoms with Gasteiger partial charge in [0.05, 0.1) is 30.5 Å². The summed E-state index contributed by atoms with van der Waals surface area (Å²) in [4.78, 5) is 17.8. The summed E-state index contributed by atoms with van der Waals surface area (Å²) in [5.41, 5.74) is 3.88. The SMILES string of the molecule is O=c1cc2c(nn1C1CCC(NCc3cncs3)CC1)CCOC2. The second kappa shape index (κ2) is 7.13. The molecule has 0 bridgehead atoms. The van der Waals surface area contributed by atoms with Crippen LogP contribution in [0.3, 0.4) is 0 Å². The lowest BCUT2D eigenvalue weighted by molar-refractivity contribution is 0.107. The standard InChI is InChI=1S/C17H22N4O2S/c22-17-7-12-10-23-6-5-16(12)20-21(17)14-3-1-13(2-4-14)19-9-15-8-18-11-24-15/h7-8,11,13-14,19H,1-6,9-10H2. The van der Waals surface area contributed by atoms with E-state index in [9.17, 15) is 4.79 Å². The Morgan fingerprint density at radius 3 is 3.00 bits per heavy atom. The molecule has 2 aliphatic rings. The zero-order valence-corrected chi connectivity index (χ0v) is 14.4. The topological polar surface area (TPSA) is 69.0 Å². The molecule has 2 aromatic heterocycles. The van der Waals surface area contributed by atoms with Crippen LogP contribution in [0.2, 0.25) is 0 Å². The van der Waals surface area contributed by atoms with E-state index in [-0.39, 0.29) is 11.6 Å². The quantitative estimate of drug-likeness (QED) is 0.917. The molecule has 0 radical (unpaired) electrons. The normalized spacial score (nSPS) is 23.8. The highest BCUT2D eigenvalue weighted by atomic mass is 32.1. The number of thiazole rings is 1. The molecule has 3 heterocycles. The molecule has 1 aliphatic carbocycles. The van der Waals surface area contributed by atoms with Crippen molar-refractivity contribution in [1.29, 1.82) is 0 Å². The summed E-state index contributed by atoms with van der Waals surface area (Å²) in [5.74, 6) is 0. The van der Waals surface area contributed by atoms with Crippen molar-refractivity contribution in [2.24, 2.45) is 0 Å². The Bertz CT molecular complexity index is 736. The van der Waals surface area contributed by atoms with Crippen LogP contribution in [0.25, 0.3) is 0 Å². The average molecular weight is 346 g/mol. The molecule has 0 spiro atoms. The minimum Gasteiger partial charge on any atom is -0.376 e. The summed E-state index contributed by atoms with van der Waals surface area (Å²) in [5, 5.41) is 8.25. The number of hydrogen-bond donors (Lipinski definition) is 1. The van der Waals surface area contributed by atoms with Crippen LogP contribution in [0.15, 0.2) is 22.6 Å². The molecule has 2 aromatic rings. The van der Waals surface area contributed by atoms with E-state index in [1.54, 1.807) is 22.1 Å². The molecule has 24 heavy (non-hydrogen) atoms. The molecule has 4 rings (SSSR count). The minimum absolute atomic E-state index is 0.0142. The number of fused-ring (bicyclic) bond motifs is 1. The molecule has 0 saturated heterocycles. The fourth-order valence-corrected chi connectivity index (χ4v) is 4.13. The molecular weight excluding hydrogens is 324 g/mol. The average Bonchev–Trinajstić information content (AvgIpc) is 3.13. The first-order valence-corrected chi connectivity index (χ1v) is 9.47. The van der Waals surface area contributed by atoms with Gasteiger partial charge in [0.25, 0.3) is 5.56 Å². The number of ether oxygens (including phenoxy) is 1. The van der Waals surface area contributed by atoms with Crippen LogP contribution in [0.1, 0.15) is 47.9 Å². The number of nitrogens with zero attached hydrogens (tertiary/aromatic N) is 3. The third-order valence-electron chi connectivity index (χ3n) is 4.95. The maximum Gasteiger partial charge on any atom is 0.267 e. The molecular formula is C17H22N4O2S. The monoisotopic (exact) mass is 346 g/mol. The molecule has 6 nitrogen and oxygen atoms in total. The van der Waals surface area contributed by atoms with Crippen molar-refractivity contribution < 1.29 is 4.74 Å². The van der Waals surface area contributed by atoms with Crippen LogP contribution in [0, 0.1) is 0 Å². The molecule has 0 atom stereocenters. The van der Waals surface area contributed by atoms with E-state index in [0.717, 1.165) is 49.9 Å². The van der Waals surface area contributed by atoms with Gasteiger partial charge >= 0.3 is 0 Å². The maximum atomic E-state index is 12.4. The molecule has 1 saturated carbocycles. The van der Waals surface area contributed by atoms with Crippen molar-refractivity contribution in [2.75, 3.05) is 6.61 Å². The van der Waals surface area contributed by atoms with Gasteiger partial charge in [0.1, 0.15) is 0 Å². The van der Waals surface area contributed by atoms with Crippen LogP contribution in [0.4, 0.5) is 0 Å². The highest BCUT2D eigenvalue weighted by molar-refractivity contribution is 7.09. The Kier molecular flexibility index (Phi) is 4.73. The Labute approximate surface area is 144 Å². The largest absolute Gasteiger partial charge is 0.376 e. The van der Waals surface area contributed by atoms with Gasteiger partial charge in [0.2, 0.25) is 0 Å². The molecule has 0 amide bonds. The second-order valence-electron chi connectivity index (χ2n) is 6.56. The molecule has 1 aliphatic heterocycles. The Morgan fingerprint density at radius 2 is 2.21 bits per heavy atom. The zero-order valence-electron chi connectivity index (χ0n) is 13.6. The number of nitrogens with one attached hydrogen (secondary N) is 1. The van der Waals surface area contributed by atoms with Crippen LogP contribution in [-0.2, 0) is 24.3 Å². The Morgan fingerprint density at radius 1 is 1.33 bits per heavy atom. The van der Waals surface area contributed by atoms with Crippen LogP contribution in [-0.4, -0.2) is 27.4 Å². The maximum absolute atomic E-state index is 12.4. The van der Waals surface area contributed by atoms with Gasteiger partial charge in [-0.3, -0.25) is 9.78 Å². The summed E-state index contributed by atoms with van der Waals surface area (Å²) >= 11 is 1.68. The van der Waals surface area contributed by atoms with E-state index in [0.29, 0.717) is 19.3 Å². The van der Waals surface area contributed by atoms with Crippen molar-refractivity contribution in [3.8, 4) is 0 Å².